The monoisotopic (exact) mass is 293 g/mol. The maximum Gasteiger partial charge on any atom is 0.279 e. The van der Waals surface area contributed by atoms with E-state index in [0.717, 1.165) is 24.3 Å². The summed E-state index contributed by atoms with van der Waals surface area (Å²) in [5, 5.41) is 2.95. The van der Waals surface area contributed by atoms with Gasteiger partial charge in [-0.1, -0.05) is 6.07 Å². The van der Waals surface area contributed by atoms with Crippen molar-refractivity contribution in [1.29, 1.82) is 0 Å². The van der Waals surface area contributed by atoms with E-state index < -0.39 is 0 Å². The topological polar surface area (TPSA) is 52.0 Å². The number of benzene rings is 1. The Hall–Kier alpha value is -1.59. The van der Waals surface area contributed by atoms with Crippen LogP contribution in [0, 0.1) is 6.92 Å². The first-order valence-electron chi connectivity index (χ1n) is 7.41. The molecule has 1 aromatic rings. The number of aryl methyl sites for hydroxylation is 1. The Morgan fingerprint density at radius 3 is 2.67 bits per heavy atom. The highest BCUT2D eigenvalue weighted by molar-refractivity contribution is 5.93. The number of hydrogen-bond donors (Lipinski definition) is 2. The maximum atomic E-state index is 12.2. The Labute approximate surface area is 126 Å². The minimum absolute atomic E-state index is 0.00944. The average Bonchev–Trinajstić information content (AvgIpc) is 2.37. The molecule has 21 heavy (non-hydrogen) atoms. The molecule has 0 saturated carbocycles. The summed E-state index contributed by atoms with van der Waals surface area (Å²) in [6, 6.07) is 5.76. The number of methoxy groups -OCH3 is 1. The highest BCUT2D eigenvalue weighted by Gasteiger charge is 2.27. The summed E-state index contributed by atoms with van der Waals surface area (Å²) in [6.45, 7) is 8.28. The van der Waals surface area contributed by atoms with Gasteiger partial charge in [0.15, 0.2) is 6.54 Å². The highest BCUT2D eigenvalue weighted by atomic mass is 16.5. The molecule has 2 atom stereocenters. The first kappa shape index (κ1) is 15.8. The molecule has 5 heteroatoms. The van der Waals surface area contributed by atoms with Gasteiger partial charge in [0.25, 0.3) is 5.91 Å². The van der Waals surface area contributed by atoms with Crippen molar-refractivity contribution >= 4 is 11.6 Å². The van der Waals surface area contributed by atoms with E-state index in [1.54, 1.807) is 7.11 Å². The molecule has 1 aromatic carbocycles. The largest absolute Gasteiger partial charge is 0.495 e. The molecule has 0 bridgehead atoms. The van der Waals surface area contributed by atoms with Gasteiger partial charge in [-0.2, -0.15) is 0 Å². The van der Waals surface area contributed by atoms with Crippen LogP contribution in [0.25, 0.3) is 0 Å². The number of nitrogens with one attached hydrogen (secondary N) is 2. The van der Waals surface area contributed by atoms with Gasteiger partial charge in [-0.05, 0) is 38.5 Å². The molecular weight excluding hydrogens is 268 g/mol. The molecule has 116 valence electrons. The van der Waals surface area contributed by atoms with Gasteiger partial charge in [0.05, 0.1) is 12.8 Å². The zero-order chi connectivity index (χ0) is 15.4. The normalized spacial score (nSPS) is 25.4. The molecule has 0 unspecified atom stereocenters. The molecule has 0 aromatic heterocycles. The second kappa shape index (κ2) is 6.91. The van der Waals surface area contributed by atoms with Gasteiger partial charge in [-0.3, -0.25) is 4.79 Å². The summed E-state index contributed by atoms with van der Waals surface area (Å²) in [5.41, 5.74) is 1.82. The minimum atomic E-state index is 0.00944. The summed E-state index contributed by atoms with van der Waals surface area (Å²) in [5.74, 6) is 0.697. The van der Waals surface area contributed by atoms with Crippen LogP contribution >= 0.6 is 0 Å². The van der Waals surface area contributed by atoms with E-state index in [9.17, 15) is 4.79 Å². The fourth-order valence-electron chi connectivity index (χ4n) is 2.87. The Morgan fingerprint density at radius 2 is 2.05 bits per heavy atom. The molecule has 1 aliphatic heterocycles. The van der Waals surface area contributed by atoms with Gasteiger partial charge >= 0.3 is 0 Å². The third-order valence-corrected chi connectivity index (χ3v) is 3.66. The zero-order valence-electron chi connectivity index (χ0n) is 13.2. The number of carbonyl (C=O) groups is 1. The molecule has 0 spiro atoms. The standard InChI is InChI=1S/C16H24N2O3/c1-11-5-6-15(20-4)14(7-11)17-16(19)10-18-8-12(2)21-13(3)9-18/h5-7,12-13H,8-10H2,1-4H3,(H,17,19)/p+1/t12-,13-/m0/s1. The van der Waals surface area contributed by atoms with Crippen molar-refractivity contribution < 1.29 is 19.2 Å². The van der Waals surface area contributed by atoms with Crippen molar-refractivity contribution in [2.24, 2.45) is 0 Å². The number of rotatable bonds is 4. The fourth-order valence-corrected chi connectivity index (χ4v) is 2.87. The van der Waals surface area contributed by atoms with Gasteiger partial charge < -0.3 is 19.7 Å². The smallest absolute Gasteiger partial charge is 0.279 e. The van der Waals surface area contributed by atoms with E-state index in [4.69, 9.17) is 9.47 Å². The van der Waals surface area contributed by atoms with E-state index in [1.165, 1.54) is 4.90 Å². The summed E-state index contributed by atoms with van der Waals surface area (Å²) in [7, 11) is 1.61. The van der Waals surface area contributed by atoms with Crippen molar-refractivity contribution in [2.45, 2.75) is 33.0 Å². The molecule has 1 aliphatic rings. The lowest BCUT2D eigenvalue weighted by molar-refractivity contribution is -0.907. The van der Waals surface area contributed by atoms with Crippen LogP contribution in [0.1, 0.15) is 19.4 Å². The Kier molecular flexibility index (Phi) is 5.20. The number of carbonyl (C=O) groups excluding carboxylic acids is 1. The second-order valence-electron chi connectivity index (χ2n) is 5.84. The summed E-state index contributed by atoms with van der Waals surface area (Å²) in [4.78, 5) is 13.5. The van der Waals surface area contributed by atoms with Gasteiger partial charge in [-0.25, -0.2) is 0 Å². The highest BCUT2D eigenvalue weighted by Crippen LogP contribution is 2.24. The lowest BCUT2D eigenvalue weighted by Crippen LogP contribution is -3.16. The van der Waals surface area contributed by atoms with Crippen molar-refractivity contribution in [1.82, 2.24) is 0 Å². The lowest BCUT2D eigenvalue weighted by Gasteiger charge is -2.31. The predicted octanol–water partition coefficient (Wildman–Crippen LogP) is 0.634. The first-order chi connectivity index (χ1) is 9.97. The molecule has 1 fully saturated rings. The van der Waals surface area contributed by atoms with Gasteiger partial charge in [0, 0.05) is 0 Å². The van der Waals surface area contributed by atoms with Crippen molar-refractivity contribution in [2.75, 3.05) is 32.1 Å². The number of ether oxygens (including phenoxy) is 2. The lowest BCUT2D eigenvalue weighted by atomic mass is 10.2. The first-order valence-corrected chi connectivity index (χ1v) is 7.41. The Bertz CT molecular complexity index is 494. The molecule has 2 N–H and O–H groups in total. The predicted molar refractivity (Wildman–Crippen MR) is 81.9 cm³/mol. The third kappa shape index (κ3) is 4.44. The van der Waals surface area contributed by atoms with Crippen LogP contribution in [0.2, 0.25) is 0 Å². The molecular formula is C16H25N2O3+. The number of morpholine rings is 1. The van der Waals surface area contributed by atoms with Crippen molar-refractivity contribution in [3.63, 3.8) is 0 Å². The van der Waals surface area contributed by atoms with Crippen LogP contribution in [0.4, 0.5) is 5.69 Å². The summed E-state index contributed by atoms with van der Waals surface area (Å²) < 4.78 is 11.0. The molecule has 1 heterocycles. The molecule has 1 saturated heterocycles. The number of amides is 1. The molecule has 0 aliphatic carbocycles. The number of hydrogen-bond acceptors (Lipinski definition) is 3. The SMILES string of the molecule is COc1ccc(C)cc1NC(=O)C[NH+]1C[C@H](C)O[C@@H](C)C1. The number of anilines is 1. The molecule has 0 radical (unpaired) electrons. The van der Waals surface area contributed by atoms with Gasteiger partial charge in [0.1, 0.15) is 31.0 Å². The van der Waals surface area contributed by atoms with Crippen molar-refractivity contribution in [3.8, 4) is 5.75 Å². The zero-order valence-corrected chi connectivity index (χ0v) is 13.2. The van der Waals surface area contributed by atoms with E-state index >= 15 is 0 Å². The van der Waals surface area contributed by atoms with Crippen LogP contribution in [0.3, 0.4) is 0 Å². The maximum absolute atomic E-state index is 12.2. The fraction of sp³-hybridized carbons (Fsp3) is 0.562. The van der Waals surface area contributed by atoms with E-state index in [0.29, 0.717) is 12.3 Å². The Balaban J connectivity index is 1.97. The minimum Gasteiger partial charge on any atom is -0.495 e. The summed E-state index contributed by atoms with van der Waals surface area (Å²) >= 11 is 0. The Morgan fingerprint density at radius 1 is 1.38 bits per heavy atom. The average molecular weight is 293 g/mol. The van der Waals surface area contributed by atoms with Crippen LogP contribution in [-0.2, 0) is 9.53 Å². The van der Waals surface area contributed by atoms with E-state index in [-0.39, 0.29) is 18.1 Å². The van der Waals surface area contributed by atoms with E-state index in [2.05, 4.69) is 19.2 Å². The van der Waals surface area contributed by atoms with Gasteiger partial charge in [0.2, 0.25) is 0 Å². The number of quaternary nitrogens is 1. The van der Waals surface area contributed by atoms with Crippen LogP contribution in [0.5, 0.6) is 5.75 Å². The van der Waals surface area contributed by atoms with Crippen LogP contribution < -0.4 is 15.0 Å². The summed E-state index contributed by atoms with van der Waals surface area (Å²) in [6.07, 6.45) is 0.398. The third-order valence-electron chi connectivity index (χ3n) is 3.66. The quantitative estimate of drug-likeness (QED) is 0.856. The van der Waals surface area contributed by atoms with Crippen LogP contribution in [-0.4, -0.2) is 44.9 Å². The van der Waals surface area contributed by atoms with E-state index in [1.807, 2.05) is 25.1 Å². The second-order valence-corrected chi connectivity index (χ2v) is 5.84. The van der Waals surface area contributed by atoms with Crippen molar-refractivity contribution in [3.05, 3.63) is 23.8 Å². The molecule has 5 nitrogen and oxygen atoms in total. The van der Waals surface area contributed by atoms with Crippen LogP contribution in [0.15, 0.2) is 18.2 Å². The molecule has 1 amide bonds. The molecule has 2 rings (SSSR count). The van der Waals surface area contributed by atoms with Gasteiger partial charge in [-0.15, -0.1) is 0 Å².